The van der Waals surface area contributed by atoms with Gasteiger partial charge in [0.1, 0.15) is 0 Å². The molecule has 0 aromatic heterocycles. The van der Waals surface area contributed by atoms with Crippen LogP contribution in [-0.4, -0.2) is 35.0 Å². The van der Waals surface area contributed by atoms with E-state index in [0.717, 1.165) is 12.0 Å². The Hall–Kier alpha value is -1.39. The van der Waals surface area contributed by atoms with Gasteiger partial charge in [-0.2, -0.15) is 0 Å². The smallest absolute Gasteiger partial charge is 0.308 e. The number of rotatable bonds is 8. The van der Waals surface area contributed by atoms with E-state index in [1.54, 1.807) is 6.92 Å². The van der Waals surface area contributed by atoms with Crippen LogP contribution in [0.4, 0.5) is 0 Å². The number of hydrogen-bond donors (Lipinski definition) is 2. The Morgan fingerprint density at radius 1 is 1.21 bits per heavy atom. The fraction of sp³-hybridized carbons (Fsp3) is 0.533. The van der Waals surface area contributed by atoms with Gasteiger partial charge in [0.25, 0.3) is 0 Å². The van der Waals surface area contributed by atoms with Crippen LogP contribution >= 0.6 is 0 Å². The molecular weight excluding hydrogens is 244 g/mol. The molecule has 1 rings (SSSR count). The highest BCUT2D eigenvalue weighted by Gasteiger charge is 2.16. The first-order valence-electron chi connectivity index (χ1n) is 6.67. The van der Waals surface area contributed by atoms with Crippen molar-refractivity contribution in [1.82, 2.24) is 0 Å². The van der Waals surface area contributed by atoms with Crippen molar-refractivity contribution in [2.24, 2.45) is 0 Å². The Labute approximate surface area is 114 Å². The first-order chi connectivity index (χ1) is 9.11. The van der Waals surface area contributed by atoms with Crippen molar-refractivity contribution in [2.75, 3.05) is 6.61 Å². The van der Waals surface area contributed by atoms with E-state index >= 15 is 0 Å². The zero-order chi connectivity index (χ0) is 14.1. The predicted octanol–water partition coefficient (Wildman–Crippen LogP) is 1.68. The first kappa shape index (κ1) is 15.7. The number of benzene rings is 1. The van der Waals surface area contributed by atoms with Crippen molar-refractivity contribution in [3.8, 4) is 0 Å². The molecule has 2 N–H and O–H groups in total. The summed E-state index contributed by atoms with van der Waals surface area (Å²) in [5.74, 6) is -0.426. The maximum Gasteiger partial charge on any atom is 0.308 e. The summed E-state index contributed by atoms with van der Waals surface area (Å²) in [4.78, 5) is 11.2. The van der Waals surface area contributed by atoms with Gasteiger partial charge in [0, 0.05) is 0 Å². The summed E-state index contributed by atoms with van der Waals surface area (Å²) in [7, 11) is 0. The number of carbonyl (C=O) groups excluding carboxylic acids is 1. The standard InChI is InChI=1S/C15H22O4/c1-2-19-15(18)11-14(17)10-13(16)9-8-12-6-4-3-5-7-12/h3-7,13-14,16-17H,2,8-11H2,1H3/t13-,14-/m0/s1. The minimum absolute atomic E-state index is 0.0593. The molecule has 0 bridgehead atoms. The zero-order valence-electron chi connectivity index (χ0n) is 11.3. The van der Waals surface area contributed by atoms with Gasteiger partial charge < -0.3 is 14.9 Å². The summed E-state index contributed by atoms with van der Waals surface area (Å²) in [5, 5.41) is 19.5. The number of esters is 1. The van der Waals surface area contributed by atoms with Gasteiger partial charge in [-0.3, -0.25) is 4.79 Å². The van der Waals surface area contributed by atoms with Crippen LogP contribution in [0, 0.1) is 0 Å². The Balaban J connectivity index is 2.23. The Morgan fingerprint density at radius 2 is 1.89 bits per heavy atom. The van der Waals surface area contributed by atoms with Crippen LogP contribution in [0.15, 0.2) is 30.3 Å². The maximum absolute atomic E-state index is 11.2. The van der Waals surface area contributed by atoms with Crippen LogP contribution in [-0.2, 0) is 16.0 Å². The molecule has 0 radical (unpaired) electrons. The lowest BCUT2D eigenvalue weighted by Gasteiger charge is -2.15. The van der Waals surface area contributed by atoms with Crippen LogP contribution in [0.3, 0.4) is 0 Å². The molecule has 0 unspecified atom stereocenters. The molecule has 1 aromatic carbocycles. The van der Waals surface area contributed by atoms with Crippen LogP contribution in [0.25, 0.3) is 0 Å². The normalized spacial score (nSPS) is 13.8. The van der Waals surface area contributed by atoms with Gasteiger partial charge in [-0.15, -0.1) is 0 Å². The summed E-state index contributed by atoms with van der Waals surface area (Å²) in [5.41, 5.74) is 1.15. The topological polar surface area (TPSA) is 66.8 Å². The van der Waals surface area contributed by atoms with Gasteiger partial charge in [-0.05, 0) is 31.7 Å². The van der Waals surface area contributed by atoms with Crippen molar-refractivity contribution in [2.45, 2.75) is 44.8 Å². The molecule has 0 saturated heterocycles. The fourth-order valence-corrected chi connectivity index (χ4v) is 1.91. The summed E-state index contributed by atoms with van der Waals surface area (Å²) in [6.07, 6.45) is 0.0226. The average molecular weight is 266 g/mol. The van der Waals surface area contributed by atoms with Crippen LogP contribution in [0.2, 0.25) is 0 Å². The summed E-state index contributed by atoms with van der Waals surface area (Å²) in [6, 6.07) is 9.86. The molecule has 0 amide bonds. The monoisotopic (exact) mass is 266 g/mol. The quantitative estimate of drug-likeness (QED) is 0.703. The minimum Gasteiger partial charge on any atom is -0.466 e. The lowest BCUT2D eigenvalue weighted by molar-refractivity contribution is -0.145. The van der Waals surface area contributed by atoms with E-state index in [2.05, 4.69) is 0 Å². The lowest BCUT2D eigenvalue weighted by Crippen LogP contribution is -2.22. The van der Waals surface area contributed by atoms with Gasteiger partial charge in [-0.1, -0.05) is 30.3 Å². The summed E-state index contributed by atoms with van der Waals surface area (Å²) >= 11 is 0. The predicted molar refractivity (Wildman–Crippen MR) is 72.6 cm³/mol. The van der Waals surface area contributed by atoms with E-state index in [-0.39, 0.29) is 12.8 Å². The van der Waals surface area contributed by atoms with Gasteiger partial charge in [0.2, 0.25) is 0 Å². The highest BCUT2D eigenvalue weighted by Crippen LogP contribution is 2.11. The number of aryl methyl sites for hydroxylation is 1. The van der Waals surface area contributed by atoms with E-state index in [1.165, 1.54) is 0 Å². The molecule has 1 aromatic rings. The van der Waals surface area contributed by atoms with Crippen molar-refractivity contribution < 1.29 is 19.7 Å². The minimum atomic E-state index is -0.843. The van der Waals surface area contributed by atoms with Crippen molar-refractivity contribution in [1.29, 1.82) is 0 Å². The second-order valence-corrected chi connectivity index (χ2v) is 4.58. The molecule has 0 aliphatic carbocycles. The summed E-state index contributed by atoms with van der Waals surface area (Å²) < 4.78 is 4.74. The van der Waals surface area contributed by atoms with Gasteiger partial charge in [0.05, 0.1) is 25.2 Å². The zero-order valence-corrected chi connectivity index (χ0v) is 11.3. The lowest BCUT2D eigenvalue weighted by atomic mass is 10.0. The second kappa shape index (κ2) is 8.67. The SMILES string of the molecule is CCOC(=O)C[C@@H](O)C[C@@H](O)CCc1ccccc1. The largest absolute Gasteiger partial charge is 0.466 e. The Bertz CT molecular complexity index is 364. The molecule has 0 aliphatic rings. The van der Waals surface area contributed by atoms with Crippen molar-refractivity contribution in [3.05, 3.63) is 35.9 Å². The van der Waals surface area contributed by atoms with E-state index in [1.807, 2.05) is 30.3 Å². The Kier molecular flexibility index (Phi) is 7.15. The average Bonchev–Trinajstić information content (AvgIpc) is 2.37. The Morgan fingerprint density at radius 3 is 2.53 bits per heavy atom. The third-order valence-electron chi connectivity index (χ3n) is 2.86. The highest BCUT2D eigenvalue weighted by atomic mass is 16.5. The molecule has 4 nitrogen and oxygen atoms in total. The molecule has 2 atom stereocenters. The molecule has 0 saturated carbocycles. The number of aliphatic hydroxyl groups is 2. The molecule has 19 heavy (non-hydrogen) atoms. The number of carbonyl (C=O) groups is 1. The highest BCUT2D eigenvalue weighted by molar-refractivity contribution is 5.69. The first-order valence-corrected chi connectivity index (χ1v) is 6.67. The molecule has 106 valence electrons. The third-order valence-corrected chi connectivity index (χ3v) is 2.86. The molecule has 0 heterocycles. The van der Waals surface area contributed by atoms with E-state index < -0.39 is 18.2 Å². The van der Waals surface area contributed by atoms with Gasteiger partial charge in [0.15, 0.2) is 0 Å². The molecular formula is C15H22O4. The number of hydrogen-bond acceptors (Lipinski definition) is 4. The third kappa shape index (κ3) is 6.94. The fourth-order valence-electron chi connectivity index (χ4n) is 1.91. The maximum atomic E-state index is 11.2. The molecule has 4 heteroatoms. The van der Waals surface area contributed by atoms with Crippen molar-refractivity contribution >= 4 is 5.97 Å². The van der Waals surface area contributed by atoms with Crippen LogP contribution < -0.4 is 0 Å². The van der Waals surface area contributed by atoms with Gasteiger partial charge >= 0.3 is 5.97 Å². The molecule has 0 aliphatic heterocycles. The molecule has 0 fully saturated rings. The summed E-state index contributed by atoms with van der Waals surface area (Å²) in [6.45, 7) is 2.03. The van der Waals surface area contributed by atoms with Crippen LogP contribution in [0.5, 0.6) is 0 Å². The van der Waals surface area contributed by atoms with E-state index in [0.29, 0.717) is 13.0 Å². The molecule has 0 spiro atoms. The number of aliphatic hydroxyl groups excluding tert-OH is 2. The second-order valence-electron chi connectivity index (χ2n) is 4.58. The van der Waals surface area contributed by atoms with Gasteiger partial charge in [-0.25, -0.2) is 0 Å². The van der Waals surface area contributed by atoms with E-state index in [9.17, 15) is 15.0 Å². The number of ether oxygens (including phenoxy) is 1. The van der Waals surface area contributed by atoms with E-state index in [4.69, 9.17) is 4.74 Å². The van der Waals surface area contributed by atoms with Crippen molar-refractivity contribution in [3.63, 3.8) is 0 Å². The van der Waals surface area contributed by atoms with Crippen LogP contribution in [0.1, 0.15) is 31.7 Å².